The lowest BCUT2D eigenvalue weighted by Crippen LogP contribution is -2.34. The van der Waals surface area contributed by atoms with Gasteiger partial charge in [-0.15, -0.1) is 0 Å². The topological polar surface area (TPSA) is 32.3 Å². The van der Waals surface area contributed by atoms with Crippen molar-refractivity contribution in [2.45, 2.75) is 32.0 Å². The van der Waals surface area contributed by atoms with Crippen molar-refractivity contribution < 1.29 is 18.0 Å². The number of likely N-dealkylation sites (tertiary alicyclic amines) is 1. The van der Waals surface area contributed by atoms with E-state index in [1.165, 1.54) is 6.07 Å². The maximum Gasteiger partial charge on any atom is 0.416 e. The molecule has 1 aromatic rings. The summed E-state index contributed by atoms with van der Waals surface area (Å²) in [6.07, 6.45) is -2.67. The molecule has 1 fully saturated rings. The molecule has 1 aromatic carbocycles. The molecule has 1 saturated heterocycles. The van der Waals surface area contributed by atoms with E-state index < -0.39 is 11.7 Å². The summed E-state index contributed by atoms with van der Waals surface area (Å²) in [5, 5.41) is 2.78. The number of carbonyl (C=O) groups is 1. The van der Waals surface area contributed by atoms with E-state index in [-0.39, 0.29) is 17.5 Å². The summed E-state index contributed by atoms with van der Waals surface area (Å²) in [5.74, 6) is -0.342. The molecule has 6 heteroatoms. The minimum absolute atomic E-state index is 0.0711. The molecule has 110 valence electrons. The predicted octanol–water partition coefficient (Wildman–Crippen LogP) is 3.37. The van der Waals surface area contributed by atoms with Gasteiger partial charge in [0.15, 0.2) is 0 Å². The SMILES string of the molecule is CNc1ccc(C(F)(F)F)cc1C(=O)N1CCCC1C. The van der Waals surface area contributed by atoms with Crippen LogP contribution in [0.2, 0.25) is 0 Å². The monoisotopic (exact) mass is 286 g/mol. The molecule has 0 radical (unpaired) electrons. The number of rotatable bonds is 2. The Morgan fingerprint density at radius 3 is 2.60 bits per heavy atom. The largest absolute Gasteiger partial charge is 0.416 e. The highest BCUT2D eigenvalue weighted by molar-refractivity contribution is 6.00. The summed E-state index contributed by atoms with van der Waals surface area (Å²) < 4.78 is 38.3. The van der Waals surface area contributed by atoms with Crippen molar-refractivity contribution in [3.63, 3.8) is 0 Å². The van der Waals surface area contributed by atoms with Crippen LogP contribution in [0.3, 0.4) is 0 Å². The van der Waals surface area contributed by atoms with Crippen molar-refractivity contribution in [1.29, 1.82) is 0 Å². The van der Waals surface area contributed by atoms with Crippen LogP contribution in [0, 0.1) is 0 Å². The Balaban J connectivity index is 2.40. The first-order valence-electron chi connectivity index (χ1n) is 6.54. The molecule has 1 unspecified atom stereocenters. The minimum Gasteiger partial charge on any atom is -0.387 e. The van der Waals surface area contributed by atoms with Gasteiger partial charge in [0.25, 0.3) is 5.91 Å². The number of hydrogen-bond donors (Lipinski definition) is 1. The summed E-state index contributed by atoms with van der Waals surface area (Å²) >= 11 is 0. The number of nitrogens with one attached hydrogen (secondary N) is 1. The van der Waals surface area contributed by atoms with Crippen molar-refractivity contribution in [2.75, 3.05) is 18.9 Å². The predicted molar refractivity (Wildman–Crippen MR) is 70.7 cm³/mol. The molecular weight excluding hydrogens is 269 g/mol. The lowest BCUT2D eigenvalue weighted by atomic mass is 10.1. The van der Waals surface area contributed by atoms with Gasteiger partial charge in [-0.1, -0.05) is 0 Å². The fourth-order valence-electron chi connectivity index (χ4n) is 2.51. The van der Waals surface area contributed by atoms with Crippen LogP contribution in [0.1, 0.15) is 35.7 Å². The third-order valence-corrected chi connectivity index (χ3v) is 3.66. The summed E-state index contributed by atoms with van der Waals surface area (Å²) in [7, 11) is 1.59. The van der Waals surface area contributed by atoms with Crippen molar-refractivity contribution in [3.05, 3.63) is 29.3 Å². The molecular formula is C14H17F3N2O. The minimum atomic E-state index is -4.45. The maximum absolute atomic E-state index is 12.8. The van der Waals surface area contributed by atoms with E-state index in [0.717, 1.165) is 25.0 Å². The standard InChI is InChI=1S/C14H17F3N2O/c1-9-4-3-7-19(9)13(20)11-8-10(14(15,16)17)5-6-12(11)18-2/h5-6,8-9,18H,3-4,7H2,1-2H3. The lowest BCUT2D eigenvalue weighted by molar-refractivity contribution is -0.137. The number of hydrogen-bond acceptors (Lipinski definition) is 2. The molecule has 1 amide bonds. The Morgan fingerprint density at radius 1 is 1.40 bits per heavy atom. The molecule has 1 atom stereocenters. The van der Waals surface area contributed by atoms with E-state index in [0.29, 0.717) is 12.2 Å². The summed E-state index contributed by atoms with van der Waals surface area (Å²) in [6.45, 7) is 2.51. The second-order valence-electron chi connectivity index (χ2n) is 5.00. The lowest BCUT2D eigenvalue weighted by Gasteiger charge is -2.23. The van der Waals surface area contributed by atoms with Gasteiger partial charge in [0.1, 0.15) is 0 Å². The quantitative estimate of drug-likeness (QED) is 0.904. The van der Waals surface area contributed by atoms with Crippen molar-refractivity contribution in [2.24, 2.45) is 0 Å². The number of amides is 1. The Kier molecular flexibility index (Phi) is 3.92. The maximum atomic E-state index is 12.8. The van der Waals surface area contributed by atoms with E-state index in [2.05, 4.69) is 5.32 Å². The van der Waals surface area contributed by atoms with Gasteiger partial charge in [-0.3, -0.25) is 4.79 Å². The molecule has 1 aliphatic heterocycles. The molecule has 1 aliphatic rings. The molecule has 3 nitrogen and oxygen atoms in total. The average molecular weight is 286 g/mol. The van der Waals surface area contributed by atoms with Crippen molar-refractivity contribution in [1.82, 2.24) is 4.90 Å². The Morgan fingerprint density at radius 2 is 2.10 bits per heavy atom. The molecule has 0 bridgehead atoms. The number of nitrogens with zero attached hydrogens (tertiary/aromatic N) is 1. The Bertz CT molecular complexity index is 514. The van der Waals surface area contributed by atoms with Crippen LogP contribution < -0.4 is 5.32 Å². The third-order valence-electron chi connectivity index (χ3n) is 3.66. The number of anilines is 1. The fourth-order valence-corrected chi connectivity index (χ4v) is 2.51. The first-order valence-corrected chi connectivity index (χ1v) is 6.54. The molecule has 2 rings (SSSR count). The van der Waals surface area contributed by atoms with E-state index in [9.17, 15) is 18.0 Å². The highest BCUT2D eigenvalue weighted by atomic mass is 19.4. The van der Waals surface area contributed by atoms with Crippen molar-refractivity contribution in [3.8, 4) is 0 Å². The summed E-state index contributed by atoms with van der Waals surface area (Å²) in [6, 6.07) is 3.29. The fraction of sp³-hybridized carbons (Fsp3) is 0.500. The zero-order valence-electron chi connectivity index (χ0n) is 11.4. The zero-order chi connectivity index (χ0) is 14.9. The molecule has 1 heterocycles. The van der Waals surface area contributed by atoms with Gasteiger partial charge in [-0.25, -0.2) is 0 Å². The average Bonchev–Trinajstić information content (AvgIpc) is 2.82. The van der Waals surface area contributed by atoms with E-state index >= 15 is 0 Å². The van der Waals surface area contributed by atoms with Crippen LogP contribution in [-0.2, 0) is 6.18 Å². The van der Waals surface area contributed by atoms with E-state index in [1.54, 1.807) is 11.9 Å². The Labute approximate surface area is 115 Å². The molecule has 0 saturated carbocycles. The van der Waals surface area contributed by atoms with E-state index in [4.69, 9.17) is 0 Å². The molecule has 0 aliphatic carbocycles. The second-order valence-corrected chi connectivity index (χ2v) is 5.00. The van der Waals surface area contributed by atoms with Gasteiger partial charge in [-0.05, 0) is 38.0 Å². The van der Waals surface area contributed by atoms with Gasteiger partial charge in [0.05, 0.1) is 11.1 Å². The van der Waals surface area contributed by atoms with E-state index in [1.807, 2.05) is 6.92 Å². The van der Waals surface area contributed by atoms with Crippen LogP contribution in [0.5, 0.6) is 0 Å². The first-order chi connectivity index (χ1) is 9.34. The van der Waals surface area contributed by atoms with Crippen molar-refractivity contribution >= 4 is 11.6 Å². The summed E-state index contributed by atoms with van der Waals surface area (Å²) in [4.78, 5) is 14.1. The van der Waals surface area contributed by atoms with Crippen LogP contribution in [0.4, 0.5) is 18.9 Å². The van der Waals surface area contributed by atoms with Gasteiger partial charge >= 0.3 is 6.18 Å². The third kappa shape index (κ3) is 2.73. The highest BCUT2D eigenvalue weighted by Crippen LogP contribution is 2.33. The van der Waals surface area contributed by atoms with Crippen LogP contribution in [0.25, 0.3) is 0 Å². The van der Waals surface area contributed by atoms with Crippen LogP contribution in [-0.4, -0.2) is 30.4 Å². The molecule has 1 N–H and O–H groups in total. The van der Waals surface area contributed by atoms with Gasteiger partial charge in [0, 0.05) is 25.3 Å². The number of benzene rings is 1. The molecule has 0 aromatic heterocycles. The Hall–Kier alpha value is -1.72. The van der Waals surface area contributed by atoms with Gasteiger partial charge in [-0.2, -0.15) is 13.2 Å². The highest BCUT2D eigenvalue weighted by Gasteiger charge is 2.33. The van der Waals surface area contributed by atoms with Crippen LogP contribution in [0.15, 0.2) is 18.2 Å². The smallest absolute Gasteiger partial charge is 0.387 e. The number of carbonyl (C=O) groups excluding carboxylic acids is 1. The molecule has 0 spiro atoms. The molecule has 20 heavy (non-hydrogen) atoms. The first kappa shape index (κ1) is 14.7. The number of alkyl halides is 3. The number of halogens is 3. The van der Waals surface area contributed by atoms with Crippen LogP contribution >= 0.6 is 0 Å². The summed E-state index contributed by atoms with van der Waals surface area (Å²) in [5.41, 5.74) is -0.301. The van der Waals surface area contributed by atoms with Gasteiger partial charge < -0.3 is 10.2 Å². The van der Waals surface area contributed by atoms with Gasteiger partial charge in [0.2, 0.25) is 0 Å². The zero-order valence-corrected chi connectivity index (χ0v) is 11.4. The normalized spacial score (nSPS) is 19.2. The second kappa shape index (κ2) is 5.34.